The molecule has 18 heavy (non-hydrogen) atoms. The molecule has 0 saturated carbocycles. The van der Waals surface area contributed by atoms with Gasteiger partial charge in [-0.25, -0.2) is 4.68 Å². The maximum atomic E-state index is 12.2. The molecule has 102 valence electrons. The van der Waals surface area contributed by atoms with Crippen LogP contribution in [0.15, 0.2) is 10.9 Å². The number of aryl methyl sites for hydroxylation is 1. The van der Waals surface area contributed by atoms with Crippen molar-refractivity contribution in [2.24, 2.45) is 5.73 Å². The molecule has 0 amide bonds. The molecule has 0 aromatic carbocycles. The quantitative estimate of drug-likeness (QED) is 0.893. The summed E-state index contributed by atoms with van der Waals surface area (Å²) in [6.07, 6.45) is 2.00. The van der Waals surface area contributed by atoms with Crippen LogP contribution in [-0.2, 0) is 12.0 Å². The normalized spacial score (nSPS) is 13.7. The van der Waals surface area contributed by atoms with Crippen LogP contribution in [0, 0.1) is 0 Å². The minimum atomic E-state index is -0.255. The summed E-state index contributed by atoms with van der Waals surface area (Å²) in [5, 5.41) is 4.47. The lowest BCUT2D eigenvalue weighted by Gasteiger charge is -2.21. The zero-order valence-electron chi connectivity index (χ0n) is 12.2. The van der Waals surface area contributed by atoms with Gasteiger partial charge >= 0.3 is 0 Å². The monoisotopic (exact) mass is 251 g/mol. The van der Waals surface area contributed by atoms with Gasteiger partial charge < -0.3 is 5.73 Å². The van der Waals surface area contributed by atoms with E-state index in [9.17, 15) is 4.79 Å². The Morgan fingerprint density at radius 2 is 2.06 bits per heavy atom. The average Bonchev–Trinajstić information content (AvgIpc) is 2.25. The SMILES string of the molecule is CCCCn1nc(C(C)(C)C)cc(C(C)N)c1=O. The van der Waals surface area contributed by atoms with Crippen molar-refractivity contribution >= 4 is 0 Å². The van der Waals surface area contributed by atoms with E-state index < -0.39 is 0 Å². The van der Waals surface area contributed by atoms with Crippen molar-refractivity contribution < 1.29 is 0 Å². The number of unbranched alkanes of at least 4 members (excludes halogenated alkanes) is 1. The van der Waals surface area contributed by atoms with Crippen LogP contribution in [-0.4, -0.2) is 9.78 Å². The fraction of sp³-hybridized carbons (Fsp3) is 0.714. The first-order valence-corrected chi connectivity index (χ1v) is 6.65. The van der Waals surface area contributed by atoms with E-state index in [0.717, 1.165) is 18.5 Å². The van der Waals surface area contributed by atoms with Gasteiger partial charge in [0, 0.05) is 23.6 Å². The molecule has 4 heteroatoms. The van der Waals surface area contributed by atoms with Gasteiger partial charge in [-0.2, -0.15) is 5.10 Å². The number of hydrogen-bond donors (Lipinski definition) is 1. The van der Waals surface area contributed by atoms with E-state index >= 15 is 0 Å². The molecule has 0 aliphatic rings. The molecule has 1 atom stereocenters. The summed E-state index contributed by atoms with van der Waals surface area (Å²) < 4.78 is 1.57. The van der Waals surface area contributed by atoms with Crippen molar-refractivity contribution in [2.75, 3.05) is 0 Å². The molecule has 4 nitrogen and oxygen atoms in total. The molecule has 1 unspecified atom stereocenters. The van der Waals surface area contributed by atoms with E-state index in [1.807, 2.05) is 13.0 Å². The van der Waals surface area contributed by atoms with Gasteiger partial charge in [-0.15, -0.1) is 0 Å². The Bertz CT molecular complexity index is 455. The molecule has 0 aliphatic heterocycles. The Kier molecular flexibility index (Phi) is 4.68. The number of rotatable bonds is 4. The standard InChI is InChI=1S/C14H25N3O/c1-6-7-8-17-13(18)11(10(2)15)9-12(16-17)14(3,4)5/h9-10H,6-8,15H2,1-5H3. The average molecular weight is 251 g/mol. The lowest BCUT2D eigenvalue weighted by Crippen LogP contribution is -2.32. The molecular weight excluding hydrogens is 226 g/mol. The second-order valence-corrected chi connectivity index (χ2v) is 5.91. The number of nitrogens with two attached hydrogens (primary N) is 1. The summed E-state index contributed by atoms with van der Waals surface area (Å²) in [6.45, 7) is 10.9. The van der Waals surface area contributed by atoms with Gasteiger partial charge in [-0.1, -0.05) is 34.1 Å². The number of hydrogen-bond acceptors (Lipinski definition) is 3. The lowest BCUT2D eigenvalue weighted by molar-refractivity contribution is 0.479. The van der Waals surface area contributed by atoms with E-state index in [-0.39, 0.29) is 17.0 Å². The Morgan fingerprint density at radius 3 is 2.50 bits per heavy atom. The molecule has 0 aliphatic carbocycles. The molecule has 0 saturated heterocycles. The summed E-state index contributed by atoms with van der Waals surface area (Å²) >= 11 is 0. The highest BCUT2D eigenvalue weighted by Gasteiger charge is 2.20. The number of aromatic nitrogens is 2. The van der Waals surface area contributed by atoms with Crippen molar-refractivity contribution in [1.82, 2.24) is 9.78 Å². The topological polar surface area (TPSA) is 60.9 Å². The maximum Gasteiger partial charge on any atom is 0.271 e. The van der Waals surface area contributed by atoms with E-state index in [2.05, 4.69) is 32.8 Å². The van der Waals surface area contributed by atoms with Crippen molar-refractivity contribution in [1.29, 1.82) is 0 Å². The van der Waals surface area contributed by atoms with Gasteiger partial charge in [0.25, 0.3) is 5.56 Å². The van der Waals surface area contributed by atoms with E-state index in [1.165, 1.54) is 0 Å². The van der Waals surface area contributed by atoms with E-state index in [1.54, 1.807) is 4.68 Å². The Labute approximate surface area is 109 Å². The van der Waals surface area contributed by atoms with Gasteiger partial charge in [0.15, 0.2) is 0 Å². The molecule has 0 fully saturated rings. The van der Waals surface area contributed by atoms with Crippen LogP contribution >= 0.6 is 0 Å². The third-order valence-electron chi connectivity index (χ3n) is 2.98. The van der Waals surface area contributed by atoms with Crippen LogP contribution in [0.25, 0.3) is 0 Å². The van der Waals surface area contributed by atoms with Crippen LogP contribution in [0.3, 0.4) is 0 Å². The summed E-state index contributed by atoms with van der Waals surface area (Å²) in [6, 6.07) is 1.60. The predicted molar refractivity (Wildman–Crippen MR) is 74.7 cm³/mol. The highest BCUT2D eigenvalue weighted by Crippen LogP contribution is 2.20. The molecular formula is C14H25N3O. The van der Waals surface area contributed by atoms with Crippen LogP contribution in [0.4, 0.5) is 0 Å². The van der Waals surface area contributed by atoms with Crippen molar-refractivity contribution in [2.45, 2.75) is 65.5 Å². The largest absolute Gasteiger partial charge is 0.324 e. The third kappa shape index (κ3) is 3.42. The zero-order valence-corrected chi connectivity index (χ0v) is 12.2. The molecule has 1 rings (SSSR count). The van der Waals surface area contributed by atoms with Crippen LogP contribution in [0.2, 0.25) is 0 Å². The molecule has 0 radical (unpaired) electrons. The van der Waals surface area contributed by atoms with E-state index in [0.29, 0.717) is 12.1 Å². The zero-order chi connectivity index (χ0) is 13.9. The first-order chi connectivity index (χ1) is 8.27. The van der Waals surface area contributed by atoms with Crippen molar-refractivity contribution in [3.05, 3.63) is 27.7 Å². The maximum absolute atomic E-state index is 12.2. The van der Waals surface area contributed by atoms with Crippen molar-refractivity contribution in [3.63, 3.8) is 0 Å². The minimum Gasteiger partial charge on any atom is -0.324 e. The summed E-state index contributed by atoms with van der Waals surface area (Å²) in [7, 11) is 0. The summed E-state index contributed by atoms with van der Waals surface area (Å²) in [5.41, 5.74) is 7.34. The second kappa shape index (κ2) is 5.65. The van der Waals surface area contributed by atoms with Crippen LogP contribution < -0.4 is 11.3 Å². The minimum absolute atomic E-state index is 0.0496. The molecule has 0 bridgehead atoms. The van der Waals surface area contributed by atoms with Gasteiger partial charge in [0.05, 0.1) is 5.69 Å². The Balaban J connectivity index is 3.33. The first-order valence-electron chi connectivity index (χ1n) is 6.65. The molecule has 1 heterocycles. The van der Waals surface area contributed by atoms with Gasteiger partial charge in [0.1, 0.15) is 0 Å². The lowest BCUT2D eigenvalue weighted by atomic mass is 9.90. The summed E-state index contributed by atoms with van der Waals surface area (Å²) in [5.74, 6) is 0. The Morgan fingerprint density at radius 1 is 1.44 bits per heavy atom. The van der Waals surface area contributed by atoms with E-state index in [4.69, 9.17) is 5.73 Å². The van der Waals surface area contributed by atoms with Gasteiger partial charge in [-0.05, 0) is 19.4 Å². The molecule has 1 aromatic rings. The predicted octanol–water partition coefficient (Wildman–Crippen LogP) is 2.36. The van der Waals surface area contributed by atoms with Crippen LogP contribution in [0.1, 0.15) is 64.8 Å². The Hall–Kier alpha value is -1.16. The third-order valence-corrected chi connectivity index (χ3v) is 2.98. The molecule has 2 N–H and O–H groups in total. The first kappa shape index (κ1) is 14.9. The van der Waals surface area contributed by atoms with Crippen LogP contribution in [0.5, 0.6) is 0 Å². The van der Waals surface area contributed by atoms with Crippen molar-refractivity contribution in [3.8, 4) is 0 Å². The van der Waals surface area contributed by atoms with Gasteiger partial charge in [-0.3, -0.25) is 4.79 Å². The fourth-order valence-electron chi connectivity index (χ4n) is 1.71. The highest BCUT2D eigenvalue weighted by atomic mass is 16.1. The summed E-state index contributed by atoms with van der Waals surface area (Å²) in [4.78, 5) is 12.2. The smallest absolute Gasteiger partial charge is 0.271 e. The van der Waals surface area contributed by atoms with Gasteiger partial charge in [0.2, 0.25) is 0 Å². The fourth-order valence-corrected chi connectivity index (χ4v) is 1.71. The highest BCUT2D eigenvalue weighted by molar-refractivity contribution is 5.21. The number of nitrogens with zero attached hydrogens (tertiary/aromatic N) is 2. The molecule has 1 aromatic heterocycles. The molecule has 0 spiro atoms. The second-order valence-electron chi connectivity index (χ2n) is 5.91.